The van der Waals surface area contributed by atoms with Crippen LogP contribution >= 0.6 is 0 Å². The van der Waals surface area contributed by atoms with Crippen LogP contribution in [0.15, 0.2) is 200 Å². The zero-order valence-corrected chi connectivity index (χ0v) is 62.4. The van der Waals surface area contributed by atoms with E-state index in [1.807, 2.05) is 105 Å². The Kier molecular flexibility index (Phi) is 42.9. The van der Waals surface area contributed by atoms with Crippen LogP contribution in [0, 0.1) is 0 Å². The summed E-state index contributed by atoms with van der Waals surface area (Å²) in [5.41, 5.74) is 10.1. The molecule has 1 aliphatic heterocycles. The van der Waals surface area contributed by atoms with Gasteiger partial charge < -0.3 is 56.8 Å². The first kappa shape index (κ1) is 90.0. The third-order valence-electron chi connectivity index (χ3n) is 14.9. The number of para-hydroxylation sites is 2. The maximum atomic E-state index is 11.8. The van der Waals surface area contributed by atoms with Crippen molar-refractivity contribution in [1.29, 1.82) is 0 Å². The van der Waals surface area contributed by atoms with Crippen molar-refractivity contribution in [3.8, 4) is 69.0 Å². The molecular formula is C83H101F9O12. The first-order valence-corrected chi connectivity index (χ1v) is 33.9. The molecular weight excluding hydrogens is 1360 g/mol. The van der Waals surface area contributed by atoms with E-state index in [-0.39, 0.29) is 17.2 Å². The van der Waals surface area contributed by atoms with Crippen LogP contribution in [0.1, 0.15) is 112 Å². The van der Waals surface area contributed by atoms with Crippen molar-refractivity contribution < 1.29 is 96.4 Å². The summed E-state index contributed by atoms with van der Waals surface area (Å²) in [4.78, 5) is 0. The molecule has 0 bridgehead atoms. The normalized spacial score (nSPS) is 10.6. The predicted octanol–water partition coefficient (Wildman–Crippen LogP) is 22.7. The van der Waals surface area contributed by atoms with Gasteiger partial charge in [-0.15, -0.1) is 39.5 Å². The lowest BCUT2D eigenvalue weighted by Gasteiger charge is -2.11. The summed E-state index contributed by atoms with van der Waals surface area (Å²) in [7, 11) is 11.7. The molecule has 0 atom stereocenters. The van der Waals surface area contributed by atoms with Crippen molar-refractivity contribution in [3.63, 3.8) is 0 Å². The molecule has 0 fully saturated rings. The summed E-state index contributed by atoms with van der Waals surface area (Å²) in [5.74, 6) is 7.45. The fourth-order valence-electron chi connectivity index (χ4n) is 8.99. The molecule has 9 aromatic rings. The molecule has 568 valence electrons. The number of benzene rings is 9. The van der Waals surface area contributed by atoms with Crippen LogP contribution in [0.2, 0.25) is 0 Å². The van der Waals surface area contributed by atoms with E-state index in [1.165, 1.54) is 69.8 Å². The summed E-state index contributed by atoms with van der Waals surface area (Å²) in [6, 6.07) is 60.2. The minimum atomic E-state index is -4.61. The summed E-state index contributed by atoms with van der Waals surface area (Å²) in [6.07, 6.45) is -5.57. The maximum absolute atomic E-state index is 11.8. The van der Waals surface area contributed by atoms with E-state index >= 15 is 0 Å². The van der Waals surface area contributed by atoms with Crippen LogP contribution < -0.4 is 56.8 Å². The molecule has 104 heavy (non-hydrogen) atoms. The molecule has 0 unspecified atom stereocenters. The highest BCUT2D eigenvalue weighted by Crippen LogP contribution is 2.33. The number of aryl methyl sites for hydroxylation is 9. The predicted molar refractivity (Wildman–Crippen MR) is 394 cm³/mol. The molecule has 1 heterocycles. The summed E-state index contributed by atoms with van der Waals surface area (Å²) in [5, 5.41) is 0. The Labute approximate surface area is 608 Å². The molecule has 0 saturated carbocycles. The standard InChI is InChI=1S/2C10H14O2.3C9H9F3O.C9H10O2.3C9H12O/c1-4-8-5-9(11-2)7-10(6-8)12-3;1-4-8-5-6-9(11-2)10(7-8)12-3;1-2-7-3-5-8(6-4-7)13-9(10,11)12;1-2-7-4-3-5-8(6-7)13-9(10,11)12;1-2-7-5-3-4-6-8(7)13-9(10,11)12;1-2-7-3-4-8-9(5-7)11-6-10-8;1-3-8-4-6-9(10-2)7-5-8;1-3-8-5-4-6-9(7-8)10-2;1-3-8-6-4-5-7-9(8)10-2/h2*5-7H,4H2,1-3H3;3*3-6H,2H2,1H3;3-5H,2,6H2,1H3;3*4-7H,3H2,1-2H3. The highest BCUT2D eigenvalue weighted by molar-refractivity contribution is 5.45. The van der Waals surface area contributed by atoms with Gasteiger partial charge in [0.1, 0.15) is 46.0 Å². The summed E-state index contributed by atoms with van der Waals surface area (Å²) in [6.45, 7) is 18.7. The zero-order valence-electron chi connectivity index (χ0n) is 62.4. The fraction of sp³-hybridized carbons (Fsp3) is 0.349. The number of methoxy groups -OCH3 is 7. The highest BCUT2D eigenvalue weighted by Gasteiger charge is 2.33. The van der Waals surface area contributed by atoms with Crippen LogP contribution in [0.3, 0.4) is 0 Å². The van der Waals surface area contributed by atoms with Crippen LogP contribution in [0.5, 0.6) is 69.0 Å². The van der Waals surface area contributed by atoms with Gasteiger partial charge in [0, 0.05) is 6.07 Å². The molecule has 1 aliphatic rings. The number of hydrogen-bond acceptors (Lipinski definition) is 12. The minimum absolute atomic E-state index is 0.113. The molecule has 0 saturated heterocycles. The molecule has 0 radical (unpaired) electrons. The first-order valence-electron chi connectivity index (χ1n) is 33.9. The van der Waals surface area contributed by atoms with Crippen LogP contribution in [-0.4, -0.2) is 75.6 Å². The fourth-order valence-corrected chi connectivity index (χ4v) is 8.99. The van der Waals surface area contributed by atoms with E-state index in [0.29, 0.717) is 25.2 Å². The molecule has 21 heteroatoms. The van der Waals surface area contributed by atoms with Crippen molar-refractivity contribution in [2.24, 2.45) is 0 Å². The molecule has 0 N–H and O–H groups in total. The Hall–Kier alpha value is -10.1. The second-order valence-corrected chi connectivity index (χ2v) is 21.8. The third-order valence-corrected chi connectivity index (χ3v) is 14.9. The van der Waals surface area contributed by atoms with Gasteiger partial charge in [-0.2, -0.15) is 0 Å². The van der Waals surface area contributed by atoms with Gasteiger partial charge in [0.05, 0.1) is 49.8 Å². The maximum Gasteiger partial charge on any atom is 0.573 e. The van der Waals surface area contributed by atoms with E-state index in [1.54, 1.807) is 93.1 Å². The van der Waals surface area contributed by atoms with E-state index in [0.717, 1.165) is 108 Å². The first-order chi connectivity index (χ1) is 49.7. The number of hydrogen-bond donors (Lipinski definition) is 0. The SMILES string of the molecule is CCc1cc(OC)cc(OC)c1.CCc1ccc(OC(F)(F)F)cc1.CCc1ccc(OC)c(OC)c1.CCc1ccc(OC)cc1.CCc1ccc2c(c1)OCO2.CCc1cccc(OC(F)(F)F)c1.CCc1cccc(OC)c1.CCc1ccccc1OC.CCc1ccccc1OC(F)(F)F. The quantitative estimate of drug-likeness (QED) is 0.0719. The zero-order chi connectivity index (χ0) is 77.5. The van der Waals surface area contributed by atoms with Gasteiger partial charge in [-0.1, -0.05) is 159 Å². The van der Waals surface area contributed by atoms with Crippen molar-refractivity contribution in [2.75, 3.05) is 56.6 Å². The summed E-state index contributed by atoms with van der Waals surface area (Å²) >= 11 is 0. The van der Waals surface area contributed by atoms with Crippen LogP contribution in [0.4, 0.5) is 39.5 Å². The van der Waals surface area contributed by atoms with Gasteiger partial charge in [-0.25, -0.2) is 0 Å². The van der Waals surface area contributed by atoms with Gasteiger partial charge in [-0.3, -0.25) is 0 Å². The summed E-state index contributed by atoms with van der Waals surface area (Å²) < 4.78 is 163. The number of halogens is 9. The molecule has 12 nitrogen and oxygen atoms in total. The molecule has 9 aromatic carbocycles. The Morgan fingerprint density at radius 3 is 1.05 bits per heavy atom. The Morgan fingerprint density at radius 1 is 0.250 bits per heavy atom. The average Bonchev–Trinajstić information content (AvgIpc) is 1.69. The smallest absolute Gasteiger partial charge is 0.497 e. The minimum Gasteiger partial charge on any atom is -0.497 e. The Morgan fingerprint density at radius 2 is 0.615 bits per heavy atom. The van der Waals surface area contributed by atoms with E-state index < -0.39 is 19.1 Å². The molecule has 0 spiro atoms. The van der Waals surface area contributed by atoms with E-state index in [4.69, 9.17) is 42.6 Å². The van der Waals surface area contributed by atoms with E-state index in [2.05, 4.69) is 92.2 Å². The monoisotopic (exact) mass is 1460 g/mol. The topological polar surface area (TPSA) is 111 Å². The third kappa shape index (κ3) is 37.2. The van der Waals surface area contributed by atoms with Gasteiger partial charge >= 0.3 is 19.1 Å². The highest BCUT2D eigenvalue weighted by atomic mass is 19.4. The van der Waals surface area contributed by atoms with Crippen LogP contribution in [-0.2, 0) is 57.8 Å². The lowest BCUT2D eigenvalue weighted by atomic mass is 10.1. The van der Waals surface area contributed by atoms with Gasteiger partial charge in [0.25, 0.3) is 0 Å². The second-order valence-electron chi connectivity index (χ2n) is 21.8. The van der Waals surface area contributed by atoms with Crippen LogP contribution in [0.25, 0.3) is 0 Å². The van der Waals surface area contributed by atoms with Crippen molar-refractivity contribution in [3.05, 3.63) is 250 Å². The number of fused-ring (bicyclic) bond motifs is 1. The molecule has 0 aliphatic carbocycles. The lowest BCUT2D eigenvalue weighted by Crippen LogP contribution is -2.17. The van der Waals surface area contributed by atoms with E-state index in [9.17, 15) is 39.5 Å². The number of alkyl halides is 9. The number of rotatable bonds is 19. The lowest BCUT2D eigenvalue weighted by molar-refractivity contribution is -0.275. The molecule has 0 aromatic heterocycles. The number of ether oxygens (including phenoxy) is 12. The van der Waals surface area contributed by atoms with Crippen molar-refractivity contribution >= 4 is 0 Å². The molecule has 10 rings (SSSR count). The Bertz CT molecular complexity index is 3650. The van der Waals surface area contributed by atoms with Gasteiger partial charge in [0.2, 0.25) is 6.79 Å². The largest absolute Gasteiger partial charge is 0.573 e. The van der Waals surface area contributed by atoms with Gasteiger partial charge in [-0.05, 0) is 205 Å². The second kappa shape index (κ2) is 49.5. The average molecular weight is 1460 g/mol. The van der Waals surface area contributed by atoms with Gasteiger partial charge in [0.15, 0.2) is 23.0 Å². The molecule has 0 amide bonds. The van der Waals surface area contributed by atoms with Crippen molar-refractivity contribution in [2.45, 2.75) is 139 Å². The van der Waals surface area contributed by atoms with Crippen molar-refractivity contribution in [1.82, 2.24) is 0 Å². The Balaban J connectivity index is 0.000000398.